The summed E-state index contributed by atoms with van der Waals surface area (Å²) in [6.45, 7) is 4.62. The van der Waals surface area contributed by atoms with Gasteiger partial charge in [-0.3, -0.25) is 0 Å². The minimum atomic E-state index is 0.621. The number of hydrogen-bond donors (Lipinski definition) is 1. The zero-order valence-corrected chi connectivity index (χ0v) is 18.5. The first kappa shape index (κ1) is 20.4. The molecule has 2 N–H and O–H groups in total. The number of nitrogens with two attached hydrogens (primary N) is 1. The van der Waals surface area contributed by atoms with E-state index in [9.17, 15) is 0 Å². The molecule has 0 saturated carbocycles. The number of nitrogens with zero attached hydrogens (tertiary/aromatic N) is 3. The molecule has 1 aliphatic rings. The van der Waals surface area contributed by atoms with Gasteiger partial charge in [0.2, 0.25) is 0 Å². The molecule has 7 heteroatoms. The Morgan fingerprint density at radius 2 is 2.03 bits per heavy atom. The number of ether oxygens (including phenoxy) is 1. The molecular formula is C22H27ClN4OS. The van der Waals surface area contributed by atoms with Crippen LogP contribution in [0.25, 0.3) is 10.2 Å². The zero-order chi connectivity index (χ0) is 20.4. The molecule has 0 aliphatic heterocycles. The number of nitrogen functional groups attached to an aromatic ring is 1. The highest BCUT2D eigenvalue weighted by molar-refractivity contribution is 7.19. The van der Waals surface area contributed by atoms with E-state index in [0.29, 0.717) is 17.4 Å². The second-order valence-electron chi connectivity index (χ2n) is 7.91. The molecule has 0 saturated heterocycles. The van der Waals surface area contributed by atoms with Gasteiger partial charge in [-0.2, -0.15) is 0 Å². The lowest BCUT2D eigenvalue weighted by Crippen LogP contribution is -2.27. The first-order valence-corrected chi connectivity index (χ1v) is 11.3. The lowest BCUT2D eigenvalue weighted by Gasteiger charge is -2.18. The third-order valence-corrected chi connectivity index (χ3v) is 6.90. The van der Waals surface area contributed by atoms with E-state index in [2.05, 4.69) is 23.9 Å². The van der Waals surface area contributed by atoms with Crippen molar-refractivity contribution in [2.75, 3.05) is 32.5 Å². The Balaban J connectivity index is 1.33. The first-order chi connectivity index (χ1) is 14.0. The summed E-state index contributed by atoms with van der Waals surface area (Å²) in [6, 6.07) is 7.44. The molecule has 1 aromatic carbocycles. The Kier molecular flexibility index (Phi) is 6.23. The summed E-state index contributed by atoms with van der Waals surface area (Å²) in [7, 11) is 2.08. The molecule has 1 unspecified atom stereocenters. The molecule has 3 aromatic rings. The van der Waals surface area contributed by atoms with Gasteiger partial charge in [0.1, 0.15) is 28.8 Å². The van der Waals surface area contributed by atoms with Crippen LogP contribution < -0.4 is 10.5 Å². The Hall–Kier alpha value is -1.89. The van der Waals surface area contributed by atoms with Crippen molar-refractivity contribution in [1.82, 2.24) is 14.9 Å². The topological polar surface area (TPSA) is 64.3 Å². The predicted molar refractivity (Wildman–Crippen MR) is 121 cm³/mol. The highest BCUT2D eigenvalue weighted by Gasteiger charge is 2.23. The minimum absolute atomic E-state index is 0.621. The van der Waals surface area contributed by atoms with Gasteiger partial charge in [-0.25, -0.2) is 9.97 Å². The number of likely N-dealkylation sites (N-methyl/N-ethyl adjacent to an activating group) is 1. The zero-order valence-electron chi connectivity index (χ0n) is 16.9. The molecule has 2 heterocycles. The van der Waals surface area contributed by atoms with Crippen molar-refractivity contribution in [3.05, 3.63) is 45.6 Å². The fraction of sp³-hybridized carbons (Fsp3) is 0.455. The molecule has 0 spiro atoms. The molecule has 154 valence electrons. The normalized spacial score (nSPS) is 16.3. The Morgan fingerprint density at radius 3 is 2.83 bits per heavy atom. The van der Waals surface area contributed by atoms with E-state index in [-0.39, 0.29) is 0 Å². The van der Waals surface area contributed by atoms with Crippen LogP contribution in [0.4, 0.5) is 5.82 Å². The monoisotopic (exact) mass is 430 g/mol. The van der Waals surface area contributed by atoms with Crippen LogP contribution in [0.1, 0.15) is 29.6 Å². The molecule has 0 amide bonds. The number of anilines is 1. The van der Waals surface area contributed by atoms with E-state index in [1.54, 1.807) is 11.3 Å². The van der Waals surface area contributed by atoms with Crippen molar-refractivity contribution in [3.63, 3.8) is 0 Å². The number of rotatable bonds is 7. The Morgan fingerprint density at radius 1 is 1.24 bits per heavy atom. The van der Waals surface area contributed by atoms with Gasteiger partial charge in [0.05, 0.1) is 5.39 Å². The summed E-state index contributed by atoms with van der Waals surface area (Å²) in [5, 5.41) is 1.82. The smallest absolute Gasteiger partial charge is 0.136 e. The number of thiophene rings is 1. The van der Waals surface area contributed by atoms with Gasteiger partial charge < -0.3 is 15.4 Å². The third-order valence-electron chi connectivity index (χ3n) is 5.50. The van der Waals surface area contributed by atoms with Gasteiger partial charge in [-0.1, -0.05) is 18.5 Å². The molecule has 1 aliphatic carbocycles. The van der Waals surface area contributed by atoms with Crippen LogP contribution in [-0.2, 0) is 19.3 Å². The van der Waals surface area contributed by atoms with E-state index in [1.165, 1.54) is 16.9 Å². The van der Waals surface area contributed by atoms with Crippen LogP contribution >= 0.6 is 22.9 Å². The number of fused-ring (bicyclic) bond motifs is 3. The van der Waals surface area contributed by atoms with Gasteiger partial charge in [0, 0.05) is 29.4 Å². The van der Waals surface area contributed by atoms with Gasteiger partial charge in [-0.15, -0.1) is 11.3 Å². The van der Waals surface area contributed by atoms with Gasteiger partial charge in [0.15, 0.2) is 0 Å². The molecule has 0 radical (unpaired) electrons. The third kappa shape index (κ3) is 4.82. The number of aromatic nitrogens is 2. The van der Waals surface area contributed by atoms with Crippen LogP contribution in [0.15, 0.2) is 24.3 Å². The van der Waals surface area contributed by atoms with Crippen LogP contribution in [-0.4, -0.2) is 41.6 Å². The largest absolute Gasteiger partial charge is 0.492 e. The average Bonchev–Trinajstić information content (AvgIpc) is 3.05. The molecular weight excluding hydrogens is 404 g/mol. The van der Waals surface area contributed by atoms with Crippen molar-refractivity contribution < 1.29 is 4.74 Å². The minimum Gasteiger partial charge on any atom is -0.492 e. The van der Waals surface area contributed by atoms with E-state index < -0.39 is 0 Å². The van der Waals surface area contributed by atoms with Gasteiger partial charge >= 0.3 is 0 Å². The quantitative estimate of drug-likeness (QED) is 0.593. The predicted octanol–water partition coefficient (Wildman–Crippen LogP) is 4.61. The summed E-state index contributed by atoms with van der Waals surface area (Å²) in [4.78, 5) is 14.2. The van der Waals surface area contributed by atoms with E-state index in [4.69, 9.17) is 27.1 Å². The highest BCUT2D eigenvalue weighted by atomic mass is 35.5. The van der Waals surface area contributed by atoms with Crippen LogP contribution in [0, 0.1) is 5.92 Å². The number of hydrogen-bond acceptors (Lipinski definition) is 6. The fourth-order valence-corrected chi connectivity index (χ4v) is 5.32. The summed E-state index contributed by atoms with van der Waals surface area (Å²) >= 11 is 7.70. The van der Waals surface area contributed by atoms with Crippen molar-refractivity contribution in [1.29, 1.82) is 0 Å². The Labute approximate surface area is 180 Å². The Bertz CT molecular complexity index is 989. The average molecular weight is 431 g/mol. The van der Waals surface area contributed by atoms with Crippen molar-refractivity contribution in [2.24, 2.45) is 5.92 Å². The lowest BCUT2D eigenvalue weighted by atomic mass is 9.89. The second-order valence-corrected chi connectivity index (χ2v) is 9.43. The SMILES string of the molecule is CC1CCc2c(sc3nc(CCN(C)CCOc4ccc(Cl)cc4)nc(N)c23)C1. The lowest BCUT2D eigenvalue weighted by molar-refractivity contribution is 0.238. The number of halogens is 1. The maximum absolute atomic E-state index is 6.33. The van der Waals surface area contributed by atoms with Crippen LogP contribution in [0.3, 0.4) is 0 Å². The second kappa shape index (κ2) is 8.86. The number of aryl methyl sites for hydroxylation is 1. The maximum atomic E-state index is 6.33. The molecule has 5 nitrogen and oxygen atoms in total. The first-order valence-electron chi connectivity index (χ1n) is 10.1. The molecule has 0 bridgehead atoms. The van der Waals surface area contributed by atoms with Gasteiger partial charge in [-0.05, 0) is 62.1 Å². The number of benzene rings is 1. The van der Waals surface area contributed by atoms with Crippen LogP contribution in [0.2, 0.25) is 5.02 Å². The molecule has 1 atom stereocenters. The van der Waals surface area contributed by atoms with E-state index in [1.807, 2.05) is 24.3 Å². The molecule has 29 heavy (non-hydrogen) atoms. The van der Waals surface area contributed by atoms with E-state index in [0.717, 1.165) is 60.1 Å². The van der Waals surface area contributed by atoms with Gasteiger partial charge in [0.25, 0.3) is 0 Å². The fourth-order valence-electron chi connectivity index (χ4n) is 3.78. The van der Waals surface area contributed by atoms with Crippen molar-refractivity contribution in [2.45, 2.75) is 32.6 Å². The molecule has 2 aromatic heterocycles. The summed E-state index contributed by atoms with van der Waals surface area (Å²) in [5.41, 5.74) is 7.73. The highest BCUT2D eigenvalue weighted by Crippen LogP contribution is 2.39. The molecule has 0 fully saturated rings. The van der Waals surface area contributed by atoms with Crippen molar-refractivity contribution in [3.8, 4) is 5.75 Å². The summed E-state index contributed by atoms with van der Waals surface area (Å²) < 4.78 is 5.77. The van der Waals surface area contributed by atoms with Crippen molar-refractivity contribution >= 4 is 39.0 Å². The standard InChI is InChI=1S/C22H27ClN4OS/c1-14-3-8-17-18(13-14)29-22-20(17)21(24)25-19(26-22)9-10-27(2)11-12-28-16-6-4-15(23)5-7-16/h4-7,14H,3,8-13H2,1-2H3,(H2,24,25,26). The van der Waals surface area contributed by atoms with E-state index >= 15 is 0 Å². The summed E-state index contributed by atoms with van der Waals surface area (Å²) in [6.07, 6.45) is 4.24. The van der Waals surface area contributed by atoms with Crippen LogP contribution in [0.5, 0.6) is 5.75 Å². The maximum Gasteiger partial charge on any atom is 0.136 e. The summed E-state index contributed by atoms with van der Waals surface area (Å²) in [5.74, 6) is 3.05. The molecule has 4 rings (SSSR count).